The average molecular weight is 446 g/mol. The number of hydrogen-bond donors (Lipinski definition) is 2. The second kappa shape index (κ2) is 9.56. The lowest BCUT2D eigenvalue weighted by Gasteiger charge is -2.31. The number of nitrogens with one attached hydrogen (secondary N) is 2. The van der Waals surface area contributed by atoms with Crippen LogP contribution in [0.15, 0.2) is 42.5 Å². The smallest absolute Gasteiger partial charge is 0.223 e. The highest BCUT2D eigenvalue weighted by Crippen LogP contribution is 2.25. The van der Waals surface area contributed by atoms with Crippen LogP contribution >= 0.6 is 0 Å². The van der Waals surface area contributed by atoms with Crippen LogP contribution in [0.2, 0.25) is 0 Å². The van der Waals surface area contributed by atoms with Crippen molar-refractivity contribution in [3.8, 4) is 0 Å². The summed E-state index contributed by atoms with van der Waals surface area (Å²) in [6.07, 6.45) is 2.92. The third-order valence-electron chi connectivity index (χ3n) is 7.25. The van der Waals surface area contributed by atoms with Gasteiger partial charge in [0.15, 0.2) is 0 Å². The Bertz CT molecular complexity index is 1100. The predicted octanol–water partition coefficient (Wildman–Crippen LogP) is 4.03. The monoisotopic (exact) mass is 445 g/mol. The zero-order valence-electron chi connectivity index (χ0n) is 19.8. The van der Waals surface area contributed by atoms with Gasteiger partial charge in [0, 0.05) is 38.6 Å². The third-order valence-corrected chi connectivity index (χ3v) is 7.25. The fourth-order valence-corrected chi connectivity index (χ4v) is 5.18. The maximum Gasteiger partial charge on any atom is 0.223 e. The number of fused-ring (bicyclic) bond motifs is 1. The summed E-state index contributed by atoms with van der Waals surface area (Å²) in [7, 11) is 0. The predicted molar refractivity (Wildman–Crippen MR) is 133 cm³/mol. The number of hydrogen-bond acceptors (Lipinski definition) is 4. The van der Waals surface area contributed by atoms with Crippen molar-refractivity contribution in [2.24, 2.45) is 11.8 Å². The number of carbonyl (C=O) groups is 1. The maximum atomic E-state index is 12.8. The summed E-state index contributed by atoms with van der Waals surface area (Å²) in [5.41, 5.74) is 5.99. The summed E-state index contributed by atoms with van der Waals surface area (Å²) in [6, 6.07) is 15.1. The first-order valence-electron chi connectivity index (χ1n) is 12.3. The second-order valence-electron chi connectivity index (χ2n) is 9.96. The summed E-state index contributed by atoms with van der Waals surface area (Å²) in [4.78, 5) is 25.8. The number of H-pyrrole nitrogens is 1. The number of anilines is 1. The van der Waals surface area contributed by atoms with E-state index in [1.165, 1.54) is 16.7 Å². The van der Waals surface area contributed by atoms with E-state index in [1.807, 2.05) is 0 Å². The molecule has 2 aromatic carbocycles. The molecule has 1 atom stereocenters. The fourth-order valence-electron chi connectivity index (χ4n) is 5.18. The minimum absolute atomic E-state index is 0.109. The molecule has 6 heteroatoms. The van der Waals surface area contributed by atoms with Gasteiger partial charge in [-0.1, -0.05) is 35.9 Å². The fraction of sp³-hybridized carbons (Fsp3) is 0.481. The molecule has 2 fully saturated rings. The average Bonchev–Trinajstić information content (AvgIpc) is 3.45. The molecular weight excluding hydrogens is 410 g/mol. The van der Waals surface area contributed by atoms with E-state index >= 15 is 0 Å². The molecule has 5 rings (SSSR count). The molecule has 2 N–H and O–H groups in total. The number of benzene rings is 2. The highest BCUT2D eigenvalue weighted by Gasteiger charge is 2.28. The van der Waals surface area contributed by atoms with Gasteiger partial charge in [0.1, 0.15) is 0 Å². The zero-order valence-corrected chi connectivity index (χ0v) is 19.8. The lowest BCUT2D eigenvalue weighted by molar-refractivity contribution is -0.125. The third kappa shape index (κ3) is 5.22. The Morgan fingerprint density at radius 1 is 1.03 bits per heavy atom. The Morgan fingerprint density at radius 3 is 2.58 bits per heavy atom. The Balaban J connectivity index is 1.06. The number of aryl methyl sites for hydroxylation is 2. The molecule has 0 aliphatic carbocycles. The molecule has 0 unspecified atom stereocenters. The molecule has 174 valence electrons. The summed E-state index contributed by atoms with van der Waals surface area (Å²) >= 11 is 0. The number of carbonyl (C=O) groups excluding carboxylic acids is 1. The van der Waals surface area contributed by atoms with Crippen molar-refractivity contribution in [1.82, 2.24) is 20.2 Å². The van der Waals surface area contributed by atoms with Crippen LogP contribution in [-0.2, 0) is 11.3 Å². The van der Waals surface area contributed by atoms with Crippen LogP contribution in [-0.4, -0.2) is 53.5 Å². The minimum atomic E-state index is 0.109. The molecule has 3 aromatic rings. The van der Waals surface area contributed by atoms with Gasteiger partial charge in [0.2, 0.25) is 11.9 Å². The van der Waals surface area contributed by atoms with Crippen molar-refractivity contribution >= 4 is 22.9 Å². The van der Waals surface area contributed by atoms with Crippen molar-refractivity contribution in [1.29, 1.82) is 0 Å². The first-order chi connectivity index (χ1) is 16.0. The number of nitrogens with zero attached hydrogens (tertiary/aromatic N) is 3. The largest absolute Gasteiger partial charge is 0.356 e. The van der Waals surface area contributed by atoms with Crippen LogP contribution in [0.25, 0.3) is 11.0 Å². The highest BCUT2D eigenvalue weighted by molar-refractivity contribution is 5.80. The van der Waals surface area contributed by atoms with Crippen molar-refractivity contribution in [2.45, 2.75) is 39.7 Å². The van der Waals surface area contributed by atoms with Gasteiger partial charge in [0.05, 0.1) is 11.0 Å². The molecule has 6 nitrogen and oxygen atoms in total. The molecule has 2 aliphatic rings. The first kappa shape index (κ1) is 22.0. The molecule has 2 saturated heterocycles. The van der Waals surface area contributed by atoms with Crippen molar-refractivity contribution in [3.63, 3.8) is 0 Å². The topological polar surface area (TPSA) is 64.3 Å². The van der Waals surface area contributed by atoms with Crippen LogP contribution < -0.4 is 10.2 Å². The highest BCUT2D eigenvalue weighted by atomic mass is 16.1. The Kier molecular flexibility index (Phi) is 6.36. The number of amides is 1. The van der Waals surface area contributed by atoms with E-state index < -0.39 is 0 Å². The second-order valence-corrected chi connectivity index (χ2v) is 9.96. The number of aromatic amines is 1. The minimum Gasteiger partial charge on any atom is -0.356 e. The Morgan fingerprint density at radius 2 is 1.79 bits per heavy atom. The van der Waals surface area contributed by atoms with E-state index in [2.05, 4.69) is 76.4 Å². The molecule has 1 amide bonds. The summed E-state index contributed by atoms with van der Waals surface area (Å²) in [5, 5.41) is 3.26. The molecule has 1 aromatic heterocycles. The summed E-state index contributed by atoms with van der Waals surface area (Å²) in [6.45, 7) is 9.94. The van der Waals surface area contributed by atoms with Gasteiger partial charge < -0.3 is 15.2 Å². The molecule has 3 heterocycles. The van der Waals surface area contributed by atoms with Crippen molar-refractivity contribution in [2.75, 3.05) is 37.6 Å². The molecule has 0 spiro atoms. The lowest BCUT2D eigenvalue weighted by atomic mass is 9.96. The quantitative estimate of drug-likeness (QED) is 0.601. The van der Waals surface area contributed by atoms with Crippen LogP contribution in [0.5, 0.6) is 0 Å². The van der Waals surface area contributed by atoms with Gasteiger partial charge in [0.25, 0.3) is 0 Å². The molecular formula is C27H35N5O. The van der Waals surface area contributed by atoms with E-state index in [-0.39, 0.29) is 11.8 Å². The van der Waals surface area contributed by atoms with Gasteiger partial charge in [-0.3, -0.25) is 9.69 Å². The van der Waals surface area contributed by atoms with Gasteiger partial charge >= 0.3 is 0 Å². The van der Waals surface area contributed by atoms with Crippen molar-refractivity contribution in [3.05, 3.63) is 59.2 Å². The van der Waals surface area contributed by atoms with E-state index in [4.69, 9.17) is 4.98 Å². The molecule has 2 aliphatic heterocycles. The van der Waals surface area contributed by atoms with Crippen LogP contribution in [0.4, 0.5) is 5.95 Å². The van der Waals surface area contributed by atoms with Gasteiger partial charge in [-0.25, -0.2) is 4.98 Å². The van der Waals surface area contributed by atoms with Crippen LogP contribution in [0.1, 0.15) is 36.0 Å². The number of piperidine rings is 1. The number of likely N-dealkylation sites (tertiary alicyclic amines) is 1. The van der Waals surface area contributed by atoms with E-state index in [9.17, 15) is 4.79 Å². The lowest BCUT2D eigenvalue weighted by Crippen LogP contribution is -2.42. The normalized spacial score (nSPS) is 19.9. The van der Waals surface area contributed by atoms with E-state index in [1.54, 1.807) is 0 Å². The van der Waals surface area contributed by atoms with E-state index in [0.29, 0.717) is 5.92 Å². The Labute approximate surface area is 196 Å². The van der Waals surface area contributed by atoms with Gasteiger partial charge in [-0.15, -0.1) is 0 Å². The van der Waals surface area contributed by atoms with Gasteiger partial charge in [-0.05, 0) is 68.8 Å². The van der Waals surface area contributed by atoms with Crippen LogP contribution in [0, 0.1) is 25.7 Å². The number of aromatic nitrogens is 2. The molecule has 0 bridgehead atoms. The zero-order chi connectivity index (χ0) is 22.8. The van der Waals surface area contributed by atoms with E-state index in [0.717, 1.165) is 75.5 Å². The number of rotatable bonds is 6. The molecule has 0 saturated carbocycles. The van der Waals surface area contributed by atoms with Crippen molar-refractivity contribution < 1.29 is 4.79 Å². The SMILES string of the molecule is Cc1ccc(CN2CC[C@H](CNC(=O)C3CCN(c4nc5ccc(C)cc5[nH]4)CC3)C2)cc1. The Hall–Kier alpha value is -2.86. The first-order valence-corrected chi connectivity index (χ1v) is 12.3. The molecule has 0 radical (unpaired) electrons. The standard InChI is InChI=1S/C27H35N5O/c1-19-3-6-21(7-4-19)17-31-12-9-22(18-31)16-28-26(33)23-10-13-32(14-11-23)27-29-24-8-5-20(2)15-25(24)30-27/h3-8,15,22-23H,9-14,16-18H2,1-2H3,(H,28,33)(H,29,30)/t22-/m1/s1. The van der Waals surface area contributed by atoms with Gasteiger partial charge in [-0.2, -0.15) is 0 Å². The summed E-state index contributed by atoms with van der Waals surface area (Å²) in [5.74, 6) is 1.82. The molecule has 33 heavy (non-hydrogen) atoms. The summed E-state index contributed by atoms with van der Waals surface area (Å²) < 4.78 is 0. The van der Waals surface area contributed by atoms with Crippen LogP contribution in [0.3, 0.4) is 0 Å². The maximum absolute atomic E-state index is 12.8. The number of imidazole rings is 1.